The van der Waals surface area contributed by atoms with Gasteiger partial charge in [0.25, 0.3) is 5.91 Å². The second kappa shape index (κ2) is 11.0. The summed E-state index contributed by atoms with van der Waals surface area (Å²) in [5.74, 6) is -0.563. The molecule has 1 aliphatic rings. The number of rotatable bonds is 8. The van der Waals surface area contributed by atoms with E-state index < -0.39 is 10.0 Å². The molecule has 3 aromatic rings. The summed E-state index contributed by atoms with van der Waals surface area (Å²) in [5, 5.41) is 18.4. The number of fused-ring (bicyclic) bond motifs is 1. The summed E-state index contributed by atoms with van der Waals surface area (Å²) in [6.45, 7) is 1.99. The fourth-order valence-corrected chi connectivity index (χ4v) is 6.42. The Labute approximate surface area is 212 Å². The van der Waals surface area contributed by atoms with E-state index in [9.17, 15) is 17.6 Å². The quantitative estimate of drug-likeness (QED) is 0.442. The van der Waals surface area contributed by atoms with Crippen molar-refractivity contribution in [3.05, 3.63) is 53.8 Å². The van der Waals surface area contributed by atoms with Crippen LogP contribution < -0.4 is 4.90 Å². The van der Waals surface area contributed by atoms with Crippen molar-refractivity contribution in [2.24, 2.45) is 0 Å². The molecule has 1 aromatic heterocycles. The number of benzene rings is 2. The highest BCUT2D eigenvalue weighted by Crippen LogP contribution is 2.31. The molecule has 0 aliphatic carbocycles. The Morgan fingerprint density at radius 1 is 1.03 bits per heavy atom. The van der Waals surface area contributed by atoms with Crippen molar-refractivity contribution in [1.29, 1.82) is 10.5 Å². The van der Waals surface area contributed by atoms with Crippen molar-refractivity contribution in [2.45, 2.75) is 17.7 Å². The Hall–Kier alpha value is -3.58. The maximum atomic E-state index is 14.0. The summed E-state index contributed by atoms with van der Waals surface area (Å²) in [7, 11) is -3.90. The zero-order chi connectivity index (χ0) is 25.7. The number of para-hydroxylation sites is 1. The number of nitrogens with zero attached hydrogens (tertiary/aromatic N) is 6. The fourth-order valence-electron chi connectivity index (χ4n) is 3.94. The maximum Gasteiger partial charge on any atom is 0.253 e. The highest BCUT2D eigenvalue weighted by molar-refractivity contribution is 7.89. The van der Waals surface area contributed by atoms with Crippen LogP contribution in [0.15, 0.2) is 47.4 Å². The number of hydrogen-bond acceptors (Lipinski definition) is 8. The van der Waals surface area contributed by atoms with E-state index in [2.05, 4.69) is 4.98 Å². The standard InChI is InChI=1S/C24H23FN6O3S2/c25-20-4-1-5-21-22(20)28-24(35-21)30-16-14-29(15-17-30)23(32)18-6-8-19(9-7-18)36(33,34)31(12-2-10-26)13-3-11-27/h1,4-9H,2-3,12-17H2. The van der Waals surface area contributed by atoms with Crippen molar-refractivity contribution < 1.29 is 17.6 Å². The van der Waals surface area contributed by atoms with E-state index in [-0.39, 0.29) is 42.6 Å². The largest absolute Gasteiger partial charge is 0.345 e. The second-order valence-electron chi connectivity index (χ2n) is 8.11. The molecule has 36 heavy (non-hydrogen) atoms. The Bertz CT molecular complexity index is 1420. The number of amides is 1. The molecular formula is C24H23FN6O3S2. The zero-order valence-corrected chi connectivity index (χ0v) is 20.9. The lowest BCUT2D eigenvalue weighted by Gasteiger charge is -2.34. The first kappa shape index (κ1) is 25.5. The van der Waals surface area contributed by atoms with Gasteiger partial charge in [0.05, 0.1) is 21.7 Å². The third kappa shape index (κ3) is 5.31. The first-order chi connectivity index (χ1) is 17.3. The molecule has 1 fully saturated rings. The van der Waals surface area contributed by atoms with Crippen molar-refractivity contribution in [3.8, 4) is 12.1 Å². The van der Waals surface area contributed by atoms with Crippen molar-refractivity contribution >= 4 is 42.6 Å². The van der Waals surface area contributed by atoms with Gasteiger partial charge in [-0.25, -0.2) is 17.8 Å². The van der Waals surface area contributed by atoms with Gasteiger partial charge in [-0.1, -0.05) is 17.4 Å². The van der Waals surface area contributed by atoms with E-state index in [0.717, 1.165) is 9.01 Å². The maximum absolute atomic E-state index is 14.0. The highest BCUT2D eigenvalue weighted by atomic mass is 32.2. The molecule has 186 valence electrons. The monoisotopic (exact) mass is 526 g/mol. The smallest absolute Gasteiger partial charge is 0.253 e. The van der Waals surface area contributed by atoms with Crippen LogP contribution in [0.5, 0.6) is 0 Å². The van der Waals surface area contributed by atoms with Crippen LogP contribution >= 0.6 is 11.3 Å². The van der Waals surface area contributed by atoms with Gasteiger partial charge in [0.1, 0.15) is 11.3 Å². The number of hydrogen-bond donors (Lipinski definition) is 0. The summed E-state index contributed by atoms with van der Waals surface area (Å²) < 4.78 is 41.8. The average molecular weight is 527 g/mol. The molecule has 0 spiro atoms. The van der Waals surface area contributed by atoms with E-state index in [1.165, 1.54) is 41.7 Å². The van der Waals surface area contributed by atoms with Gasteiger partial charge >= 0.3 is 0 Å². The Balaban J connectivity index is 1.41. The SMILES string of the molecule is N#CCCN(CCC#N)S(=O)(=O)c1ccc(C(=O)N2CCN(c3nc4c(F)cccc4s3)CC2)cc1. The summed E-state index contributed by atoms with van der Waals surface area (Å²) in [5.41, 5.74) is 0.718. The summed E-state index contributed by atoms with van der Waals surface area (Å²) in [6, 6.07) is 14.4. The van der Waals surface area contributed by atoms with Gasteiger partial charge in [-0.2, -0.15) is 14.8 Å². The van der Waals surface area contributed by atoms with Crippen LogP contribution in [0.4, 0.5) is 9.52 Å². The number of nitriles is 2. The van der Waals surface area contributed by atoms with Crippen LogP contribution in [0.25, 0.3) is 10.2 Å². The first-order valence-corrected chi connectivity index (χ1v) is 13.5. The van der Waals surface area contributed by atoms with E-state index in [4.69, 9.17) is 10.5 Å². The van der Waals surface area contributed by atoms with Gasteiger partial charge in [-0.3, -0.25) is 4.79 Å². The normalized spacial score (nSPS) is 14.1. The molecule has 9 nitrogen and oxygen atoms in total. The van der Waals surface area contributed by atoms with Gasteiger partial charge in [0.2, 0.25) is 10.0 Å². The predicted molar refractivity (Wildman–Crippen MR) is 133 cm³/mol. The van der Waals surface area contributed by atoms with E-state index >= 15 is 0 Å². The highest BCUT2D eigenvalue weighted by Gasteiger charge is 2.27. The van der Waals surface area contributed by atoms with Crippen LogP contribution in [-0.2, 0) is 10.0 Å². The molecular weight excluding hydrogens is 503 g/mol. The van der Waals surface area contributed by atoms with Crippen LogP contribution in [-0.4, -0.2) is 67.8 Å². The molecule has 12 heteroatoms. The molecule has 0 atom stereocenters. The average Bonchev–Trinajstić information content (AvgIpc) is 3.34. The molecule has 2 heterocycles. The predicted octanol–water partition coefficient (Wildman–Crippen LogP) is 3.22. The molecule has 2 aromatic carbocycles. The molecule has 0 N–H and O–H groups in total. The second-order valence-corrected chi connectivity index (χ2v) is 11.1. The number of piperazine rings is 1. The number of aromatic nitrogens is 1. The minimum atomic E-state index is -3.90. The fraction of sp³-hybridized carbons (Fsp3) is 0.333. The third-order valence-electron chi connectivity index (χ3n) is 5.88. The lowest BCUT2D eigenvalue weighted by molar-refractivity contribution is 0.0746. The van der Waals surface area contributed by atoms with Crippen molar-refractivity contribution in [1.82, 2.24) is 14.2 Å². The van der Waals surface area contributed by atoms with Gasteiger partial charge in [0.15, 0.2) is 5.13 Å². The number of anilines is 1. The third-order valence-corrected chi connectivity index (χ3v) is 8.88. The van der Waals surface area contributed by atoms with Gasteiger partial charge in [-0.05, 0) is 36.4 Å². The van der Waals surface area contributed by atoms with E-state index in [1.807, 2.05) is 23.1 Å². The lowest BCUT2D eigenvalue weighted by Crippen LogP contribution is -2.48. The molecule has 1 aliphatic heterocycles. The lowest BCUT2D eigenvalue weighted by atomic mass is 10.2. The Kier molecular flexibility index (Phi) is 7.79. The summed E-state index contributed by atoms with van der Waals surface area (Å²) in [4.78, 5) is 21.2. The minimum Gasteiger partial charge on any atom is -0.345 e. The number of carbonyl (C=O) groups excluding carboxylic acids is 1. The topological polar surface area (TPSA) is 121 Å². The molecule has 0 bridgehead atoms. The van der Waals surface area contributed by atoms with Crippen molar-refractivity contribution in [2.75, 3.05) is 44.2 Å². The van der Waals surface area contributed by atoms with Crippen LogP contribution in [0.1, 0.15) is 23.2 Å². The van der Waals surface area contributed by atoms with E-state index in [0.29, 0.717) is 42.4 Å². The molecule has 1 saturated heterocycles. The number of halogens is 1. The molecule has 1 amide bonds. The van der Waals surface area contributed by atoms with Crippen LogP contribution in [0, 0.1) is 28.5 Å². The van der Waals surface area contributed by atoms with Gasteiger partial charge in [-0.15, -0.1) is 0 Å². The summed E-state index contributed by atoms with van der Waals surface area (Å²) >= 11 is 1.41. The van der Waals surface area contributed by atoms with Gasteiger partial charge < -0.3 is 9.80 Å². The Morgan fingerprint density at radius 3 is 2.25 bits per heavy atom. The van der Waals surface area contributed by atoms with Crippen LogP contribution in [0.3, 0.4) is 0 Å². The van der Waals surface area contributed by atoms with Gasteiger partial charge in [0, 0.05) is 57.7 Å². The number of sulfonamides is 1. The minimum absolute atomic E-state index is 0.00261. The first-order valence-electron chi connectivity index (χ1n) is 11.3. The number of carbonyl (C=O) groups is 1. The molecule has 0 unspecified atom stereocenters. The molecule has 4 rings (SSSR count). The Morgan fingerprint density at radius 2 is 1.67 bits per heavy atom. The number of thiazole rings is 1. The van der Waals surface area contributed by atoms with Crippen molar-refractivity contribution in [3.63, 3.8) is 0 Å². The molecule has 0 radical (unpaired) electrons. The zero-order valence-electron chi connectivity index (χ0n) is 19.3. The van der Waals surface area contributed by atoms with Crippen LogP contribution in [0.2, 0.25) is 0 Å². The summed E-state index contributed by atoms with van der Waals surface area (Å²) in [6.07, 6.45) is 0.0261. The molecule has 0 saturated carbocycles. The van der Waals surface area contributed by atoms with E-state index in [1.54, 1.807) is 11.0 Å².